The monoisotopic (exact) mass is 459 g/mol. The minimum absolute atomic E-state index is 0.0183. The molecule has 0 aliphatic carbocycles. The predicted octanol–water partition coefficient (Wildman–Crippen LogP) is 4.26. The number of nitro groups is 1. The summed E-state index contributed by atoms with van der Waals surface area (Å²) < 4.78 is 0. The molecule has 3 aromatic rings. The van der Waals surface area contributed by atoms with Gasteiger partial charge in [0, 0.05) is 67.5 Å². The molecule has 176 valence electrons. The van der Waals surface area contributed by atoms with Crippen LogP contribution in [0.4, 0.5) is 11.5 Å². The van der Waals surface area contributed by atoms with Crippen LogP contribution in [0.1, 0.15) is 30.7 Å². The molecule has 1 fully saturated rings. The van der Waals surface area contributed by atoms with E-state index >= 15 is 0 Å². The minimum Gasteiger partial charge on any atom is -0.353 e. The summed E-state index contributed by atoms with van der Waals surface area (Å²) >= 11 is 0. The third-order valence-electron chi connectivity index (χ3n) is 6.14. The fourth-order valence-corrected chi connectivity index (χ4v) is 4.21. The van der Waals surface area contributed by atoms with Gasteiger partial charge in [0.05, 0.1) is 4.92 Å². The average Bonchev–Trinajstić information content (AvgIpc) is 2.85. The number of nitrogens with zero attached hydrogens (tertiary/aromatic N) is 5. The van der Waals surface area contributed by atoms with Crippen molar-refractivity contribution < 1.29 is 9.72 Å². The highest BCUT2D eigenvalue weighted by Gasteiger charge is 2.26. The van der Waals surface area contributed by atoms with Crippen LogP contribution in [0.25, 0.3) is 11.4 Å². The van der Waals surface area contributed by atoms with Gasteiger partial charge in [-0.3, -0.25) is 14.9 Å². The number of nitro benzene ring substituents is 1. The number of aryl methyl sites for hydroxylation is 1. The molecule has 1 aliphatic rings. The van der Waals surface area contributed by atoms with Crippen LogP contribution in [0.3, 0.4) is 0 Å². The first-order chi connectivity index (χ1) is 16.3. The lowest BCUT2D eigenvalue weighted by Crippen LogP contribution is -2.50. The Morgan fingerprint density at radius 2 is 1.65 bits per heavy atom. The van der Waals surface area contributed by atoms with E-state index in [-0.39, 0.29) is 17.5 Å². The summed E-state index contributed by atoms with van der Waals surface area (Å²) in [6.07, 6.45) is 0.569. The fraction of sp³-hybridized carbons (Fsp3) is 0.346. The number of piperazine rings is 1. The van der Waals surface area contributed by atoms with Crippen LogP contribution in [-0.2, 0) is 11.2 Å². The van der Waals surface area contributed by atoms with Crippen molar-refractivity contribution in [3.63, 3.8) is 0 Å². The molecule has 1 aliphatic heterocycles. The lowest BCUT2D eigenvalue weighted by molar-refractivity contribution is -0.384. The third kappa shape index (κ3) is 5.06. The van der Waals surface area contributed by atoms with Gasteiger partial charge < -0.3 is 9.80 Å². The first-order valence-electron chi connectivity index (χ1n) is 11.5. The molecule has 2 aromatic carbocycles. The number of amides is 1. The van der Waals surface area contributed by atoms with Gasteiger partial charge in [0.2, 0.25) is 5.91 Å². The molecule has 0 unspecified atom stereocenters. The van der Waals surface area contributed by atoms with Crippen LogP contribution in [0.5, 0.6) is 0 Å². The number of carbonyl (C=O) groups excluding carboxylic acids is 1. The van der Waals surface area contributed by atoms with E-state index in [1.54, 1.807) is 12.1 Å². The zero-order valence-electron chi connectivity index (χ0n) is 19.8. The Kier molecular flexibility index (Phi) is 6.86. The van der Waals surface area contributed by atoms with E-state index in [2.05, 4.69) is 4.90 Å². The van der Waals surface area contributed by atoms with Crippen LogP contribution in [0, 0.1) is 23.0 Å². The van der Waals surface area contributed by atoms with Gasteiger partial charge in [-0.25, -0.2) is 9.97 Å². The molecule has 2 heterocycles. The molecule has 8 nitrogen and oxygen atoms in total. The maximum atomic E-state index is 12.5. The van der Waals surface area contributed by atoms with Gasteiger partial charge in [0.25, 0.3) is 5.69 Å². The fourth-order valence-electron chi connectivity index (χ4n) is 4.21. The SMILES string of the molecule is Cc1nc(-c2ccccc2)nc(N2CCN(C(=O)C(C)C)CC2)c1Cc1ccc([N+](=O)[O-])cc1. The average molecular weight is 460 g/mol. The Balaban J connectivity index is 1.68. The topological polar surface area (TPSA) is 92.5 Å². The summed E-state index contributed by atoms with van der Waals surface area (Å²) in [7, 11) is 0. The molecular weight excluding hydrogens is 430 g/mol. The van der Waals surface area contributed by atoms with Crippen molar-refractivity contribution in [2.24, 2.45) is 5.92 Å². The number of aromatic nitrogens is 2. The van der Waals surface area contributed by atoms with Gasteiger partial charge in [0.1, 0.15) is 5.82 Å². The molecule has 0 atom stereocenters. The van der Waals surface area contributed by atoms with Crippen LogP contribution in [0.15, 0.2) is 54.6 Å². The van der Waals surface area contributed by atoms with E-state index in [1.165, 1.54) is 12.1 Å². The van der Waals surface area contributed by atoms with Gasteiger partial charge in [-0.2, -0.15) is 0 Å². The van der Waals surface area contributed by atoms with E-state index in [0.717, 1.165) is 28.2 Å². The quantitative estimate of drug-likeness (QED) is 0.404. The van der Waals surface area contributed by atoms with Crippen molar-refractivity contribution in [2.75, 3.05) is 31.1 Å². The van der Waals surface area contributed by atoms with Gasteiger partial charge >= 0.3 is 0 Å². The minimum atomic E-state index is -0.393. The van der Waals surface area contributed by atoms with Crippen molar-refractivity contribution in [3.05, 3.63) is 81.5 Å². The van der Waals surface area contributed by atoms with Gasteiger partial charge in [-0.05, 0) is 12.5 Å². The first kappa shape index (κ1) is 23.4. The second kappa shape index (κ2) is 9.99. The number of hydrogen-bond donors (Lipinski definition) is 0. The first-order valence-corrected chi connectivity index (χ1v) is 11.5. The van der Waals surface area contributed by atoms with Crippen LogP contribution >= 0.6 is 0 Å². The Labute approximate surface area is 199 Å². The number of rotatable bonds is 6. The number of carbonyl (C=O) groups is 1. The van der Waals surface area contributed by atoms with E-state index in [9.17, 15) is 14.9 Å². The Hall–Kier alpha value is -3.81. The number of hydrogen-bond acceptors (Lipinski definition) is 6. The van der Waals surface area contributed by atoms with Crippen LogP contribution in [0.2, 0.25) is 0 Å². The highest BCUT2D eigenvalue weighted by atomic mass is 16.6. The normalized spacial score (nSPS) is 13.9. The molecule has 0 N–H and O–H groups in total. The number of anilines is 1. The largest absolute Gasteiger partial charge is 0.353 e. The molecule has 8 heteroatoms. The molecule has 0 spiro atoms. The molecule has 0 saturated carbocycles. The summed E-state index contributed by atoms with van der Waals surface area (Å²) in [5.41, 5.74) is 3.85. The summed E-state index contributed by atoms with van der Waals surface area (Å²) in [6.45, 7) is 8.52. The van der Waals surface area contributed by atoms with E-state index in [4.69, 9.17) is 9.97 Å². The van der Waals surface area contributed by atoms with E-state index in [0.29, 0.717) is 38.4 Å². The number of benzene rings is 2. The standard InChI is InChI=1S/C26H29N5O3/c1-18(2)26(32)30-15-13-29(14-16-30)25-23(17-20-9-11-22(12-10-20)31(33)34)19(3)27-24(28-25)21-7-5-4-6-8-21/h4-12,18H,13-17H2,1-3H3. The van der Waals surface area contributed by atoms with Gasteiger partial charge in [-0.1, -0.05) is 56.3 Å². The molecular formula is C26H29N5O3. The summed E-state index contributed by atoms with van der Waals surface area (Å²) in [5.74, 6) is 1.69. The zero-order valence-corrected chi connectivity index (χ0v) is 19.8. The lowest BCUT2D eigenvalue weighted by Gasteiger charge is -2.37. The van der Waals surface area contributed by atoms with Gasteiger partial charge in [-0.15, -0.1) is 0 Å². The smallest absolute Gasteiger partial charge is 0.269 e. The zero-order chi connectivity index (χ0) is 24.2. The summed E-state index contributed by atoms with van der Waals surface area (Å²) in [6, 6.07) is 16.5. The van der Waals surface area contributed by atoms with Crippen molar-refractivity contribution in [1.82, 2.24) is 14.9 Å². The van der Waals surface area contributed by atoms with Crippen molar-refractivity contribution in [3.8, 4) is 11.4 Å². The Morgan fingerprint density at radius 3 is 2.24 bits per heavy atom. The molecule has 0 radical (unpaired) electrons. The van der Waals surface area contributed by atoms with Crippen molar-refractivity contribution in [1.29, 1.82) is 0 Å². The van der Waals surface area contributed by atoms with E-state index in [1.807, 2.05) is 56.0 Å². The highest BCUT2D eigenvalue weighted by molar-refractivity contribution is 5.78. The Morgan fingerprint density at radius 1 is 1.00 bits per heavy atom. The molecule has 0 bridgehead atoms. The highest BCUT2D eigenvalue weighted by Crippen LogP contribution is 2.29. The van der Waals surface area contributed by atoms with Crippen molar-refractivity contribution >= 4 is 17.4 Å². The van der Waals surface area contributed by atoms with Gasteiger partial charge in [0.15, 0.2) is 5.82 Å². The van der Waals surface area contributed by atoms with Crippen LogP contribution < -0.4 is 4.90 Å². The van der Waals surface area contributed by atoms with E-state index < -0.39 is 4.92 Å². The molecule has 4 rings (SSSR count). The molecule has 1 amide bonds. The summed E-state index contributed by atoms with van der Waals surface area (Å²) in [4.78, 5) is 37.0. The van der Waals surface area contributed by atoms with Crippen LogP contribution in [-0.4, -0.2) is 51.9 Å². The maximum absolute atomic E-state index is 12.5. The summed E-state index contributed by atoms with van der Waals surface area (Å²) in [5, 5.41) is 11.0. The molecule has 1 aromatic heterocycles. The predicted molar refractivity (Wildman–Crippen MR) is 132 cm³/mol. The molecule has 34 heavy (non-hydrogen) atoms. The van der Waals surface area contributed by atoms with Crippen molar-refractivity contribution in [2.45, 2.75) is 27.2 Å². The lowest BCUT2D eigenvalue weighted by atomic mass is 10.0. The third-order valence-corrected chi connectivity index (χ3v) is 6.14. The molecule has 1 saturated heterocycles. The Bertz CT molecular complexity index is 1170. The second-order valence-corrected chi connectivity index (χ2v) is 8.87. The maximum Gasteiger partial charge on any atom is 0.269 e. The second-order valence-electron chi connectivity index (χ2n) is 8.87. The number of non-ortho nitro benzene ring substituents is 1.